The Balaban J connectivity index is 1.21. The molecule has 1 aromatic carbocycles. The van der Waals surface area contributed by atoms with Gasteiger partial charge in [0, 0.05) is 12.5 Å². The van der Waals surface area contributed by atoms with Crippen LogP contribution in [0.1, 0.15) is 111 Å². The number of hydrogen-bond acceptors (Lipinski definition) is 3. The Morgan fingerprint density at radius 2 is 1.79 bits per heavy atom. The maximum absolute atomic E-state index is 12.6. The second-order valence-electron chi connectivity index (χ2n) is 14.5. The van der Waals surface area contributed by atoms with Gasteiger partial charge in [-0.25, -0.2) is 4.79 Å². The van der Waals surface area contributed by atoms with Gasteiger partial charge >= 0.3 is 5.97 Å². The summed E-state index contributed by atoms with van der Waals surface area (Å²) in [4.78, 5) is 12.6. The summed E-state index contributed by atoms with van der Waals surface area (Å²) in [5.41, 5.74) is 3.24. The summed E-state index contributed by atoms with van der Waals surface area (Å²) >= 11 is 0. The minimum Gasteiger partial charge on any atom is -0.508 e. The minimum atomic E-state index is -0.265. The molecule has 39 heavy (non-hydrogen) atoms. The number of aromatic hydroxyl groups is 1. The molecule has 3 nitrogen and oxygen atoms in total. The number of phenols is 1. The third-order valence-electron chi connectivity index (χ3n) is 11.8. The van der Waals surface area contributed by atoms with Gasteiger partial charge in [0.2, 0.25) is 0 Å². The summed E-state index contributed by atoms with van der Waals surface area (Å²) in [6, 6.07) is 6.85. The molecule has 3 heteroatoms. The van der Waals surface area contributed by atoms with Gasteiger partial charge in [-0.15, -0.1) is 0 Å². The molecule has 214 valence electrons. The van der Waals surface area contributed by atoms with E-state index < -0.39 is 0 Å². The lowest BCUT2D eigenvalue weighted by Crippen LogP contribution is -2.51. The molecule has 8 unspecified atom stereocenters. The number of carbonyl (C=O) groups excluding carboxylic acids is 1. The lowest BCUT2D eigenvalue weighted by Gasteiger charge is -2.58. The first-order valence-corrected chi connectivity index (χ1v) is 16.0. The maximum atomic E-state index is 12.6. The zero-order chi connectivity index (χ0) is 27.8. The molecular weight excluding hydrogens is 480 g/mol. The Morgan fingerprint density at radius 1 is 1.03 bits per heavy atom. The van der Waals surface area contributed by atoms with Crippen molar-refractivity contribution in [3.63, 3.8) is 0 Å². The zero-order valence-electron chi connectivity index (χ0n) is 25.1. The number of allylic oxidation sites excluding steroid dienone is 1. The number of benzene rings is 1. The summed E-state index contributed by atoms with van der Waals surface area (Å²) in [6.45, 7) is 12.5. The second-order valence-corrected chi connectivity index (χ2v) is 14.5. The van der Waals surface area contributed by atoms with Crippen molar-refractivity contribution in [1.29, 1.82) is 0 Å². The van der Waals surface area contributed by atoms with Crippen LogP contribution in [0.5, 0.6) is 5.75 Å². The first kappa shape index (κ1) is 28.5. The summed E-state index contributed by atoms with van der Waals surface area (Å²) in [5, 5.41) is 9.45. The van der Waals surface area contributed by atoms with Crippen molar-refractivity contribution in [1.82, 2.24) is 0 Å². The fourth-order valence-corrected chi connectivity index (χ4v) is 9.71. The summed E-state index contributed by atoms with van der Waals surface area (Å²) in [6.07, 6.45) is 19.9. The molecule has 0 heterocycles. The van der Waals surface area contributed by atoms with Gasteiger partial charge in [0.1, 0.15) is 11.9 Å². The van der Waals surface area contributed by atoms with E-state index in [1.54, 1.807) is 35.9 Å². The number of esters is 1. The monoisotopic (exact) mass is 532 g/mol. The zero-order valence-corrected chi connectivity index (χ0v) is 25.1. The van der Waals surface area contributed by atoms with Gasteiger partial charge in [0.05, 0.1) is 0 Å². The van der Waals surface area contributed by atoms with E-state index >= 15 is 0 Å². The van der Waals surface area contributed by atoms with Crippen molar-refractivity contribution in [2.75, 3.05) is 0 Å². The van der Waals surface area contributed by atoms with Crippen molar-refractivity contribution in [3.8, 4) is 5.75 Å². The van der Waals surface area contributed by atoms with Crippen molar-refractivity contribution >= 4 is 12.0 Å². The van der Waals surface area contributed by atoms with Gasteiger partial charge in [-0.2, -0.15) is 0 Å². The second kappa shape index (κ2) is 11.5. The maximum Gasteiger partial charge on any atom is 0.331 e. The number of hydrogen-bond donors (Lipinski definition) is 1. The van der Waals surface area contributed by atoms with E-state index in [0.717, 1.165) is 60.3 Å². The van der Waals surface area contributed by atoms with Gasteiger partial charge in [0.15, 0.2) is 0 Å². The topological polar surface area (TPSA) is 46.5 Å². The van der Waals surface area contributed by atoms with Crippen LogP contribution in [-0.2, 0) is 9.53 Å². The number of carbonyl (C=O) groups is 1. The van der Waals surface area contributed by atoms with Crippen molar-refractivity contribution in [2.24, 2.45) is 46.3 Å². The fourth-order valence-electron chi connectivity index (χ4n) is 9.71. The number of phenolic OH excluding ortho intramolecular Hbond substituents is 1. The van der Waals surface area contributed by atoms with Crippen LogP contribution in [0.4, 0.5) is 0 Å². The quantitative estimate of drug-likeness (QED) is 0.206. The Bertz CT molecular complexity index is 1070. The lowest BCUT2D eigenvalue weighted by atomic mass is 9.47. The third-order valence-corrected chi connectivity index (χ3v) is 11.8. The van der Waals surface area contributed by atoms with Gasteiger partial charge in [0.25, 0.3) is 0 Å². The van der Waals surface area contributed by atoms with E-state index in [2.05, 4.69) is 40.7 Å². The number of fused-ring (bicyclic) bond motifs is 5. The molecule has 0 saturated heterocycles. The van der Waals surface area contributed by atoms with Crippen LogP contribution in [0, 0.1) is 46.3 Å². The Labute approximate surface area is 237 Å². The summed E-state index contributed by atoms with van der Waals surface area (Å²) < 4.78 is 5.92. The minimum absolute atomic E-state index is 0.0192. The van der Waals surface area contributed by atoms with Crippen LogP contribution in [0.25, 0.3) is 6.08 Å². The molecule has 0 radical (unpaired) electrons. The van der Waals surface area contributed by atoms with E-state index in [0.29, 0.717) is 5.41 Å². The van der Waals surface area contributed by atoms with Crippen LogP contribution in [0.3, 0.4) is 0 Å². The Morgan fingerprint density at radius 3 is 2.54 bits per heavy atom. The molecule has 4 aliphatic carbocycles. The van der Waals surface area contributed by atoms with Crippen LogP contribution in [-0.4, -0.2) is 17.2 Å². The Hall–Kier alpha value is -2.03. The highest BCUT2D eigenvalue weighted by atomic mass is 16.5. The molecular formula is C36H52O3. The number of ether oxygens (including phenoxy) is 1. The molecule has 0 amide bonds. The van der Waals surface area contributed by atoms with Gasteiger partial charge < -0.3 is 9.84 Å². The molecule has 1 aromatic rings. The van der Waals surface area contributed by atoms with Crippen molar-refractivity contribution in [2.45, 2.75) is 111 Å². The van der Waals surface area contributed by atoms with Crippen LogP contribution in [0.2, 0.25) is 0 Å². The summed E-state index contributed by atoms with van der Waals surface area (Å²) in [7, 11) is 0. The molecule has 5 rings (SSSR count). The number of rotatable bonds is 8. The molecule has 0 spiro atoms. The lowest BCUT2D eigenvalue weighted by molar-refractivity contribution is -0.145. The first-order valence-electron chi connectivity index (χ1n) is 16.0. The largest absolute Gasteiger partial charge is 0.508 e. The highest BCUT2D eigenvalue weighted by Crippen LogP contribution is 2.67. The van der Waals surface area contributed by atoms with Crippen LogP contribution < -0.4 is 0 Å². The molecule has 8 atom stereocenters. The van der Waals surface area contributed by atoms with Crippen molar-refractivity contribution in [3.05, 3.63) is 47.6 Å². The normalized spacial score (nSPS) is 36.7. The van der Waals surface area contributed by atoms with Gasteiger partial charge in [-0.1, -0.05) is 77.7 Å². The fraction of sp³-hybridized carbons (Fsp3) is 0.694. The average Bonchev–Trinajstić information content (AvgIpc) is 3.25. The van der Waals surface area contributed by atoms with E-state index in [1.807, 2.05) is 0 Å². The molecule has 1 N–H and O–H groups in total. The molecule has 0 aliphatic heterocycles. The van der Waals surface area contributed by atoms with Gasteiger partial charge in [-0.05, 0) is 115 Å². The highest BCUT2D eigenvalue weighted by Gasteiger charge is 2.59. The Kier molecular flexibility index (Phi) is 8.37. The average molecular weight is 533 g/mol. The predicted octanol–water partition coefficient (Wildman–Crippen LogP) is 9.36. The van der Waals surface area contributed by atoms with Gasteiger partial charge in [-0.3, -0.25) is 0 Å². The van der Waals surface area contributed by atoms with E-state index in [1.165, 1.54) is 57.4 Å². The van der Waals surface area contributed by atoms with E-state index in [9.17, 15) is 9.90 Å². The smallest absolute Gasteiger partial charge is 0.331 e. The molecule has 4 aliphatic rings. The molecule has 3 fully saturated rings. The van der Waals surface area contributed by atoms with Crippen LogP contribution >= 0.6 is 0 Å². The first-order chi connectivity index (χ1) is 18.6. The van der Waals surface area contributed by atoms with Crippen molar-refractivity contribution < 1.29 is 14.6 Å². The van der Waals surface area contributed by atoms with Crippen LogP contribution in [0.15, 0.2) is 42.0 Å². The predicted molar refractivity (Wildman–Crippen MR) is 160 cm³/mol. The van der Waals surface area contributed by atoms with E-state index in [4.69, 9.17) is 4.74 Å². The molecule has 3 saturated carbocycles. The molecule has 0 bridgehead atoms. The SMILES string of the molecule is CC(C)CCCC(C)C1CCC2C3CC=C4CC(OC(=O)/C=C/c5ccc(O)cc5)CCC4(C)C3CCC12C. The molecule has 0 aromatic heterocycles. The standard InChI is InChI=1S/C36H52O3/c1-24(2)7-6-8-25(3)31-16-17-32-30-15-12-27-23-29(19-21-35(27,4)33(30)20-22-36(31,32)5)39-34(38)18-11-26-9-13-28(37)14-10-26/h9-14,18,24-25,29-33,37H,6-8,15-17,19-23H2,1-5H3/b18-11+. The third kappa shape index (κ3) is 5.75. The highest BCUT2D eigenvalue weighted by molar-refractivity contribution is 5.87. The summed E-state index contributed by atoms with van der Waals surface area (Å²) in [5.74, 6) is 5.04. The van der Waals surface area contributed by atoms with E-state index in [-0.39, 0.29) is 23.2 Å².